The highest BCUT2D eigenvalue weighted by Crippen LogP contribution is 2.46. The van der Waals surface area contributed by atoms with Crippen molar-refractivity contribution < 1.29 is 14.7 Å². The lowest BCUT2D eigenvalue weighted by Gasteiger charge is -2.40. The summed E-state index contributed by atoms with van der Waals surface area (Å²) in [5, 5.41) is 13.7. The van der Waals surface area contributed by atoms with Crippen LogP contribution in [0.3, 0.4) is 0 Å². The van der Waals surface area contributed by atoms with E-state index in [1.807, 2.05) is 6.08 Å². The van der Waals surface area contributed by atoms with Gasteiger partial charge in [0.25, 0.3) is 0 Å². The zero-order chi connectivity index (χ0) is 22.5. The molecule has 0 unspecified atom stereocenters. The summed E-state index contributed by atoms with van der Waals surface area (Å²) in [6.45, 7) is 15.9. The van der Waals surface area contributed by atoms with E-state index in [9.17, 15) is 14.7 Å². The van der Waals surface area contributed by atoms with Gasteiger partial charge in [-0.1, -0.05) is 57.9 Å². The maximum absolute atomic E-state index is 12.3. The van der Waals surface area contributed by atoms with Gasteiger partial charge in [-0.3, -0.25) is 9.59 Å². The molecule has 2 rings (SSSR count). The lowest BCUT2D eigenvalue weighted by atomic mass is 9.65. The van der Waals surface area contributed by atoms with Crippen LogP contribution >= 0.6 is 0 Å². The summed E-state index contributed by atoms with van der Waals surface area (Å²) in [5.41, 5.74) is 3.25. The number of ketones is 2. The summed E-state index contributed by atoms with van der Waals surface area (Å²) in [6.07, 6.45) is 10.0. The predicted octanol–water partition coefficient (Wildman–Crippen LogP) is 5.97. The number of aliphatic hydroxyl groups excluding tert-OH is 1. The van der Waals surface area contributed by atoms with E-state index in [1.54, 1.807) is 0 Å². The molecular formula is C26H39NO3. The molecule has 2 atom stereocenters. The zero-order valence-corrected chi connectivity index (χ0v) is 19.4. The molecule has 2 N–H and O–H groups in total. The summed E-state index contributed by atoms with van der Waals surface area (Å²) in [7, 11) is 0. The lowest BCUT2D eigenvalue weighted by molar-refractivity contribution is -0.131. The van der Waals surface area contributed by atoms with Gasteiger partial charge in [0.1, 0.15) is 5.76 Å². The molecule has 30 heavy (non-hydrogen) atoms. The van der Waals surface area contributed by atoms with Crippen LogP contribution in [0, 0.1) is 17.3 Å². The molecule has 0 spiro atoms. The number of hydrogen-bond donors (Lipinski definition) is 2. The Morgan fingerprint density at radius 2 is 2.10 bits per heavy atom. The fourth-order valence-electron chi connectivity index (χ4n) is 4.37. The third kappa shape index (κ3) is 5.96. The summed E-state index contributed by atoms with van der Waals surface area (Å²) in [6, 6.07) is 0. The number of hydrogen-bond acceptors (Lipinski definition) is 4. The second-order valence-electron chi connectivity index (χ2n) is 9.82. The fraction of sp³-hybridized carbons (Fsp3) is 0.615. The van der Waals surface area contributed by atoms with Crippen molar-refractivity contribution in [1.82, 2.24) is 5.32 Å². The Morgan fingerprint density at radius 3 is 2.77 bits per heavy atom. The molecule has 0 amide bonds. The minimum absolute atomic E-state index is 0.0890. The van der Waals surface area contributed by atoms with Crippen molar-refractivity contribution in [2.24, 2.45) is 17.3 Å². The molecule has 0 aromatic heterocycles. The first-order chi connectivity index (χ1) is 14.0. The van der Waals surface area contributed by atoms with E-state index < -0.39 is 11.6 Å². The lowest BCUT2D eigenvalue weighted by Crippen LogP contribution is -2.28. The first kappa shape index (κ1) is 24.2. The van der Waals surface area contributed by atoms with E-state index in [0.29, 0.717) is 24.1 Å². The van der Waals surface area contributed by atoms with Gasteiger partial charge in [0.2, 0.25) is 11.6 Å². The van der Waals surface area contributed by atoms with Crippen molar-refractivity contribution in [3.05, 3.63) is 46.9 Å². The van der Waals surface area contributed by atoms with Crippen LogP contribution in [0.4, 0.5) is 0 Å². The molecule has 0 aromatic rings. The third-order valence-corrected chi connectivity index (χ3v) is 6.81. The first-order valence-electron chi connectivity index (χ1n) is 11.4. The molecule has 4 heteroatoms. The second-order valence-corrected chi connectivity index (χ2v) is 9.82. The van der Waals surface area contributed by atoms with Crippen LogP contribution in [-0.4, -0.2) is 23.2 Å². The Bertz CT molecular complexity index is 784. The van der Waals surface area contributed by atoms with Gasteiger partial charge >= 0.3 is 0 Å². The summed E-state index contributed by atoms with van der Waals surface area (Å²) in [5.74, 6) is -0.170. The molecule has 0 aliphatic heterocycles. The number of nitrogens with one attached hydrogen (secondary N) is 1. The van der Waals surface area contributed by atoms with Gasteiger partial charge in [0.05, 0.1) is 11.3 Å². The van der Waals surface area contributed by atoms with Crippen molar-refractivity contribution >= 4 is 11.6 Å². The largest absolute Gasteiger partial charge is 0.505 e. The van der Waals surface area contributed by atoms with E-state index in [0.717, 1.165) is 19.3 Å². The SMILES string of the molecule is C=C1[C@H](C)CCC[C@]1(C)CC/C(C)=C/CC1=C(O)C(NCCC(C)C)=CC(=O)C1=O. The van der Waals surface area contributed by atoms with Crippen LogP contribution in [0.5, 0.6) is 0 Å². The smallest absolute Gasteiger partial charge is 0.233 e. The van der Waals surface area contributed by atoms with Crippen LogP contribution in [-0.2, 0) is 9.59 Å². The first-order valence-corrected chi connectivity index (χ1v) is 11.4. The molecule has 0 aromatic carbocycles. The predicted molar refractivity (Wildman–Crippen MR) is 123 cm³/mol. The third-order valence-electron chi connectivity index (χ3n) is 6.81. The summed E-state index contributed by atoms with van der Waals surface area (Å²) in [4.78, 5) is 24.4. The van der Waals surface area contributed by atoms with Crippen LogP contribution in [0.2, 0.25) is 0 Å². The monoisotopic (exact) mass is 413 g/mol. The molecule has 0 saturated heterocycles. The highest BCUT2D eigenvalue weighted by Gasteiger charge is 2.33. The van der Waals surface area contributed by atoms with Crippen molar-refractivity contribution in [3.63, 3.8) is 0 Å². The van der Waals surface area contributed by atoms with Crippen LogP contribution in [0.1, 0.15) is 79.6 Å². The number of aliphatic hydroxyl groups is 1. The number of carbonyl (C=O) groups excluding carboxylic acids is 2. The van der Waals surface area contributed by atoms with Gasteiger partial charge in [-0.2, -0.15) is 0 Å². The van der Waals surface area contributed by atoms with Crippen molar-refractivity contribution in [3.8, 4) is 0 Å². The van der Waals surface area contributed by atoms with Gasteiger partial charge in [0, 0.05) is 12.6 Å². The van der Waals surface area contributed by atoms with Crippen molar-refractivity contribution in [2.45, 2.75) is 79.6 Å². The minimum atomic E-state index is -0.604. The molecule has 2 aliphatic rings. The van der Waals surface area contributed by atoms with Gasteiger partial charge in [-0.15, -0.1) is 0 Å². The maximum atomic E-state index is 12.3. The second kappa shape index (κ2) is 10.3. The van der Waals surface area contributed by atoms with E-state index >= 15 is 0 Å². The summed E-state index contributed by atoms with van der Waals surface area (Å²) >= 11 is 0. The Hall–Kier alpha value is -2.10. The molecule has 2 aliphatic carbocycles. The molecular weight excluding hydrogens is 374 g/mol. The number of carbonyl (C=O) groups is 2. The van der Waals surface area contributed by atoms with Gasteiger partial charge in [-0.05, 0) is 62.7 Å². The average molecular weight is 414 g/mol. The van der Waals surface area contributed by atoms with E-state index in [4.69, 9.17) is 0 Å². The molecule has 0 radical (unpaired) electrons. The van der Waals surface area contributed by atoms with Gasteiger partial charge in [-0.25, -0.2) is 0 Å². The van der Waals surface area contributed by atoms with Crippen molar-refractivity contribution in [2.75, 3.05) is 6.54 Å². The Kier molecular flexibility index (Phi) is 8.28. The van der Waals surface area contributed by atoms with Gasteiger partial charge in [0.15, 0.2) is 0 Å². The Balaban J connectivity index is 2.03. The molecule has 1 fully saturated rings. The van der Waals surface area contributed by atoms with E-state index in [-0.39, 0.29) is 23.2 Å². The zero-order valence-electron chi connectivity index (χ0n) is 19.4. The molecule has 0 bridgehead atoms. The average Bonchev–Trinajstić information content (AvgIpc) is 2.68. The van der Waals surface area contributed by atoms with Crippen LogP contribution in [0.25, 0.3) is 0 Å². The molecule has 0 heterocycles. The number of allylic oxidation sites excluding steroid dienone is 5. The highest BCUT2D eigenvalue weighted by atomic mass is 16.3. The molecule has 166 valence electrons. The standard InChI is InChI=1S/C26H39NO3/c1-17(2)12-15-27-22-16-23(28)25(30)21(24(22)29)10-9-18(3)11-14-26(6)13-7-8-19(4)20(26)5/h9,16-17,19,27,29H,5,7-8,10-15H2,1-4,6H3/b18-9+/t19-,26-/m1/s1. The van der Waals surface area contributed by atoms with Crippen molar-refractivity contribution in [1.29, 1.82) is 0 Å². The van der Waals surface area contributed by atoms with Crippen LogP contribution < -0.4 is 5.32 Å². The normalized spacial score (nSPS) is 25.8. The Labute approximate surface area is 182 Å². The van der Waals surface area contributed by atoms with E-state index in [1.165, 1.54) is 36.5 Å². The molecule has 4 nitrogen and oxygen atoms in total. The highest BCUT2D eigenvalue weighted by molar-refractivity contribution is 6.48. The fourth-order valence-corrected chi connectivity index (χ4v) is 4.37. The van der Waals surface area contributed by atoms with Crippen LogP contribution in [0.15, 0.2) is 46.9 Å². The number of rotatable bonds is 9. The van der Waals surface area contributed by atoms with Gasteiger partial charge < -0.3 is 10.4 Å². The quantitative estimate of drug-likeness (QED) is 0.278. The minimum Gasteiger partial charge on any atom is -0.505 e. The van der Waals surface area contributed by atoms with E-state index in [2.05, 4.69) is 46.5 Å². The maximum Gasteiger partial charge on any atom is 0.233 e. The summed E-state index contributed by atoms with van der Waals surface area (Å²) < 4.78 is 0. The number of Topliss-reactive ketones (excluding diaryl/α,β-unsaturated/α-hetero) is 1. The topological polar surface area (TPSA) is 66.4 Å². The molecule has 1 saturated carbocycles. The Morgan fingerprint density at radius 1 is 1.40 bits per heavy atom.